The Balaban J connectivity index is 2.64. The van der Waals surface area contributed by atoms with Gasteiger partial charge in [-0.2, -0.15) is 0 Å². The highest BCUT2D eigenvalue weighted by Crippen LogP contribution is 2.37. The van der Waals surface area contributed by atoms with Gasteiger partial charge in [0.25, 0.3) is 0 Å². The first-order valence-electron chi connectivity index (χ1n) is 4.45. The summed E-state index contributed by atoms with van der Waals surface area (Å²) in [5.74, 6) is -0.856. The van der Waals surface area contributed by atoms with Crippen LogP contribution in [-0.4, -0.2) is 16.2 Å². The van der Waals surface area contributed by atoms with Gasteiger partial charge in [0.05, 0.1) is 5.56 Å². The third-order valence-corrected chi connectivity index (χ3v) is 2.64. The topological polar surface area (TPSA) is 83.6 Å². The molecule has 0 amide bonds. The van der Waals surface area contributed by atoms with Crippen LogP contribution in [0.3, 0.4) is 0 Å². The summed E-state index contributed by atoms with van der Waals surface area (Å²) in [5.41, 5.74) is 7.31. The maximum Gasteiger partial charge on any atom is 0.335 e. The number of fused-ring (bicyclic) bond motifs is 1. The Morgan fingerprint density at radius 2 is 2.21 bits per heavy atom. The summed E-state index contributed by atoms with van der Waals surface area (Å²) in [5, 5.41) is 18.4. The number of rotatable bonds is 1. The Morgan fingerprint density at radius 1 is 1.50 bits per heavy atom. The molecule has 1 aliphatic carbocycles. The number of carboxylic acid groups (broad SMARTS) is 1. The van der Waals surface area contributed by atoms with Crippen molar-refractivity contribution < 1.29 is 15.0 Å². The zero-order valence-electron chi connectivity index (χ0n) is 7.53. The largest absolute Gasteiger partial charge is 0.508 e. The van der Waals surface area contributed by atoms with Crippen LogP contribution >= 0.6 is 0 Å². The van der Waals surface area contributed by atoms with Crippen molar-refractivity contribution in [2.75, 3.05) is 0 Å². The number of benzene rings is 1. The first kappa shape index (κ1) is 9.02. The first-order valence-corrected chi connectivity index (χ1v) is 4.45. The molecule has 0 heterocycles. The van der Waals surface area contributed by atoms with Crippen LogP contribution in [0.25, 0.3) is 0 Å². The minimum absolute atomic E-state index is 0.106. The lowest BCUT2D eigenvalue weighted by Gasteiger charge is -2.08. The molecular formula is C10H11NO3. The highest BCUT2D eigenvalue weighted by molar-refractivity contribution is 5.90. The monoisotopic (exact) mass is 193 g/mol. The molecule has 4 nitrogen and oxygen atoms in total. The quantitative estimate of drug-likeness (QED) is 0.622. The number of carbonyl (C=O) groups is 1. The van der Waals surface area contributed by atoms with Crippen molar-refractivity contribution in [1.29, 1.82) is 0 Å². The summed E-state index contributed by atoms with van der Waals surface area (Å²) in [4.78, 5) is 10.9. The van der Waals surface area contributed by atoms with Gasteiger partial charge in [-0.25, -0.2) is 4.79 Å². The first-order chi connectivity index (χ1) is 6.61. The number of aromatic carboxylic acids is 1. The Kier molecular flexibility index (Phi) is 1.93. The summed E-state index contributed by atoms with van der Waals surface area (Å²) in [6, 6.07) is 2.59. The van der Waals surface area contributed by atoms with E-state index in [1.165, 1.54) is 12.1 Å². The maximum atomic E-state index is 10.9. The summed E-state index contributed by atoms with van der Waals surface area (Å²) in [7, 11) is 0. The number of hydrogen-bond acceptors (Lipinski definition) is 3. The highest BCUT2D eigenvalue weighted by atomic mass is 16.4. The Labute approximate surface area is 81.0 Å². The van der Waals surface area contributed by atoms with Crippen LogP contribution in [0.5, 0.6) is 5.75 Å². The van der Waals surface area contributed by atoms with Crippen molar-refractivity contribution in [3.05, 3.63) is 28.8 Å². The Hall–Kier alpha value is -1.55. The molecule has 0 saturated heterocycles. The normalized spacial score (nSPS) is 19.4. The van der Waals surface area contributed by atoms with Gasteiger partial charge in [0.2, 0.25) is 0 Å². The zero-order chi connectivity index (χ0) is 10.3. The number of phenols is 1. The van der Waals surface area contributed by atoms with E-state index in [0.717, 1.165) is 0 Å². The van der Waals surface area contributed by atoms with Crippen LogP contribution < -0.4 is 5.73 Å². The SMILES string of the molecule is N[C@@H]1CCc2c(C(=O)O)ccc(O)c21. The molecule has 0 fully saturated rings. The second-order valence-corrected chi connectivity index (χ2v) is 3.47. The van der Waals surface area contributed by atoms with E-state index in [-0.39, 0.29) is 17.4 Å². The van der Waals surface area contributed by atoms with Crippen molar-refractivity contribution in [1.82, 2.24) is 0 Å². The lowest BCUT2D eigenvalue weighted by Crippen LogP contribution is -2.07. The van der Waals surface area contributed by atoms with Crippen molar-refractivity contribution in [2.45, 2.75) is 18.9 Å². The highest BCUT2D eigenvalue weighted by Gasteiger charge is 2.26. The van der Waals surface area contributed by atoms with Crippen molar-refractivity contribution >= 4 is 5.97 Å². The summed E-state index contributed by atoms with van der Waals surface area (Å²) >= 11 is 0. The maximum absolute atomic E-state index is 10.9. The average molecular weight is 193 g/mol. The van der Waals surface area contributed by atoms with Crippen molar-refractivity contribution in [3.8, 4) is 5.75 Å². The minimum atomic E-state index is -0.963. The molecule has 2 rings (SSSR count). The van der Waals surface area contributed by atoms with Crippen molar-refractivity contribution in [2.24, 2.45) is 5.73 Å². The molecule has 1 aromatic carbocycles. The Bertz CT molecular complexity index is 401. The Morgan fingerprint density at radius 3 is 2.86 bits per heavy atom. The fraction of sp³-hybridized carbons (Fsp3) is 0.300. The van der Waals surface area contributed by atoms with Crippen LogP contribution in [0, 0.1) is 0 Å². The lowest BCUT2D eigenvalue weighted by atomic mass is 10.0. The molecule has 0 aliphatic heterocycles. The smallest absolute Gasteiger partial charge is 0.335 e. The van der Waals surface area contributed by atoms with Gasteiger partial charge in [-0.05, 0) is 30.5 Å². The van der Waals surface area contributed by atoms with E-state index in [9.17, 15) is 9.90 Å². The number of phenolic OH excluding ortho intramolecular Hbond substituents is 1. The number of aromatic hydroxyl groups is 1. The molecule has 0 aromatic heterocycles. The third kappa shape index (κ3) is 1.15. The summed E-state index contributed by atoms with van der Waals surface area (Å²) < 4.78 is 0. The van der Waals surface area contributed by atoms with E-state index in [1.807, 2.05) is 0 Å². The second kappa shape index (κ2) is 2.99. The molecule has 0 spiro atoms. The van der Waals surface area contributed by atoms with Gasteiger partial charge in [-0.1, -0.05) is 0 Å². The fourth-order valence-corrected chi connectivity index (χ4v) is 1.98. The molecule has 0 radical (unpaired) electrons. The molecule has 0 unspecified atom stereocenters. The van der Waals surface area contributed by atoms with E-state index in [2.05, 4.69) is 0 Å². The summed E-state index contributed by atoms with van der Waals surface area (Å²) in [6.07, 6.45) is 1.33. The number of hydrogen-bond donors (Lipinski definition) is 3. The molecular weight excluding hydrogens is 182 g/mol. The van der Waals surface area contributed by atoms with Crippen LogP contribution in [0.2, 0.25) is 0 Å². The van der Waals surface area contributed by atoms with Crippen LogP contribution in [0.4, 0.5) is 0 Å². The second-order valence-electron chi connectivity index (χ2n) is 3.47. The predicted molar refractivity (Wildman–Crippen MR) is 50.3 cm³/mol. The predicted octanol–water partition coefficient (Wildman–Crippen LogP) is 1.04. The zero-order valence-corrected chi connectivity index (χ0v) is 7.53. The van der Waals surface area contributed by atoms with Gasteiger partial charge in [-0.15, -0.1) is 0 Å². The molecule has 4 N–H and O–H groups in total. The van der Waals surface area contributed by atoms with Crippen LogP contribution in [0.1, 0.15) is 33.9 Å². The van der Waals surface area contributed by atoms with E-state index < -0.39 is 5.97 Å². The van der Waals surface area contributed by atoms with Gasteiger partial charge in [0.15, 0.2) is 0 Å². The molecule has 4 heteroatoms. The lowest BCUT2D eigenvalue weighted by molar-refractivity contribution is 0.0696. The molecule has 1 atom stereocenters. The van der Waals surface area contributed by atoms with Crippen LogP contribution in [0.15, 0.2) is 12.1 Å². The van der Waals surface area contributed by atoms with Gasteiger partial charge in [0.1, 0.15) is 5.75 Å². The molecule has 0 bridgehead atoms. The van der Waals surface area contributed by atoms with E-state index in [4.69, 9.17) is 10.8 Å². The molecule has 74 valence electrons. The number of carboxylic acids is 1. The minimum Gasteiger partial charge on any atom is -0.508 e. The van der Waals surface area contributed by atoms with E-state index in [1.54, 1.807) is 0 Å². The summed E-state index contributed by atoms with van der Waals surface area (Å²) in [6.45, 7) is 0. The molecule has 1 aliphatic rings. The average Bonchev–Trinajstić information content (AvgIpc) is 2.49. The standard InChI is InChI=1S/C10H11NO3/c11-7-3-1-5-6(10(13)14)2-4-8(12)9(5)7/h2,4,7,12H,1,3,11H2,(H,13,14)/t7-/m1/s1. The molecule has 1 aromatic rings. The number of nitrogens with two attached hydrogens (primary N) is 1. The van der Waals surface area contributed by atoms with Crippen LogP contribution in [-0.2, 0) is 6.42 Å². The van der Waals surface area contributed by atoms with Gasteiger partial charge < -0.3 is 15.9 Å². The molecule has 14 heavy (non-hydrogen) atoms. The third-order valence-electron chi connectivity index (χ3n) is 2.64. The van der Waals surface area contributed by atoms with Crippen molar-refractivity contribution in [3.63, 3.8) is 0 Å². The van der Waals surface area contributed by atoms with E-state index in [0.29, 0.717) is 24.0 Å². The fourth-order valence-electron chi connectivity index (χ4n) is 1.98. The van der Waals surface area contributed by atoms with Gasteiger partial charge >= 0.3 is 5.97 Å². The molecule has 0 saturated carbocycles. The van der Waals surface area contributed by atoms with E-state index >= 15 is 0 Å². The van der Waals surface area contributed by atoms with Gasteiger partial charge in [-0.3, -0.25) is 0 Å². The van der Waals surface area contributed by atoms with Gasteiger partial charge in [0, 0.05) is 11.6 Å².